The Kier molecular flexibility index (Phi) is 5.63. The van der Waals surface area contributed by atoms with Crippen molar-refractivity contribution in [1.29, 1.82) is 0 Å². The highest BCUT2D eigenvalue weighted by Crippen LogP contribution is 2.35. The van der Waals surface area contributed by atoms with E-state index in [0.29, 0.717) is 37.0 Å². The van der Waals surface area contributed by atoms with Crippen LogP contribution in [0.15, 0.2) is 42.5 Å². The first kappa shape index (κ1) is 17.4. The number of phenolic OH excluding ortho intramolecular Hbond substituents is 1. The number of para-hydroxylation sites is 2. The lowest BCUT2D eigenvalue weighted by Gasteiger charge is -2.22. The molecule has 1 aliphatic rings. The zero-order valence-electron chi connectivity index (χ0n) is 14.5. The Morgan fingerprint density at radius 3 is 2.52 bits per heavy atom. The van der Waals surface area contributed by atoms with E-state index in [9.17, 15) is 5.11 Å². The number of rotatable bonds is 7. The van der Waals surface area contributed by atoms with Gasteiger partial charge >= 0.3 is 0 Å². The molecule has 2 atom stereocenters. The van der Waals surface area contributed by atoms with Crippen molar-refractivity contribution in [2.45, 2.75) is 26.0 Å². The largest absolute Gasteiger partial charge is 0.507 e. The Balaban J connectivity index is 1.79. The molecule has 1 fully saturated rings. The number of hydrazine groups is 1. The van der Waals surface area contributed by atoms with Crippen molar-refractivity contribution in [2.75, 3.05) is 19.8 Å². The van der Waals surface area contributed by atoms with Gasteiger partial charge < -0.3 is 19.3 Å². The van der Waals surface area contributed by atoms with E-state index in [2.05, 4.69) is 10.9 Å². The zero-order valence-corrected chi connectivity index (χ0v) is 14.5. The lowest BCUT2D eigenvalue weighted by atomic mass is 10.0. The van der Waals surface area contributed by atoms with Crippen LogP contribution in [-0.2, 0) is 0 Å². The van der Waals surface area contributed by atoms with Gasteiger partial charge in [-0.05, 0) is 38.1 Å². The summed E-state index contributed by atoms with van der Waals surface area (Å²) in [7, 11) is 0. The van der Waals surface area contributed by atoms with Crippen LogP contribution in [0, 0.1) is 0 Å². The maximum atomic E-state index is 10.4. The molecule has 3 N–H and O–H groups in total. The summed E-state index contributed by atoms with van der Waals surface area (Å²) in [5, 5.41) is 10.4. The number of benzene rings is 2. The molecule has 0 amide bonds. The Bertz CT molecular complexity index is 708. The predicted octanol–water partition coefficient (Wildman–Crippen LogP) is 2.79. The van der Waals surface area contributed by atoms with E-state index in [4.69, 9.17) is 14.2 Å². The highest BCUT2D eigenvalue weighted by Gasteiger charge is 2.32. The van der Waals surface area contributed by atoms with Crippen molar-refractivity contribution >= 4 is 0 Å². The van der Waals surface area contributed by atoms with Crippen molar-refractivity contribution in [3.05, 3.63) is 48.0 Å². The van der Waals surface area contributed by atoms with E-state index >= 15 is 0 Å². The van der Waals surface area contributed by atoms with Gasteiger partial charge in [0.2, 0.25) is 0 Å². The van der Waals surface area contributed by atoms with Crippen LogP contribution in [-0.4, -0.2) is 31.0 Å². The van der Waals surface area contributed by atoms with E-state index in [1.807, 2.05) is 50.2 Å². The minimum absolute atomic E-state index is 0.179. The minimum atomic E-state index is -0.189. The SMILES string of the molecule is CCOc1ccc(C2NNCC2Oc2ccccc2OCC)c(O)c1. The number of hydrogen-bond donors (Lipinski definition) is 3. The fourth-order valence-electron chi connectivity index (χ4n) is 2.90. The molecule has 1 aliphatic heterocycles. The number of nitrogens with one attached hydrogen (secondary N) is 2. The van der Waals surface area contributed by atoms with Gasteiger partial charge in [-0.2, -0.15) is 0 Å². The molecule has 6 nitrogen and oxygen atoms in total. The molecule has 0 bridgehead atoms. The molecule has 6 heteroatoms. The lowest BCUT2D eigenvalue weighted by molar-refractivity contribution is 0.184. The first-order valence-corrected chi connectivity index (χ1v) is 8.55. The third kappa shape index (κ3) is 3.97. The van der Waals surface area contributed by atoms with Gasteiger partial charge in [0.15, 0.2) is 11.5 Å². The van der Waals surface area contributed by atoms with Crippen molar-refractivity contribution in [2.24, 2.45) is 0 Å². The molecule has 134 valence electrons. The topological polar surface area (TPSA) is 72.0 Å². The number of ether oxygens (including phenoxy) is 3. The summed E-state index contributed by atoms with van der Waals surface area (Å²) in [5.74, 6) is 2.23. The molecular weight excluding hydrogens is 320 g/mol. The van der Waals surface area contributed by atoms with Crippen LogP contribution < -0.4 is 25.1 Å². The van der Waals surface area contributed by atoms with Gasteiger partial charge in [0, 0.05) is 18.2 Å². The van der Waals surface area contributed by atoms with Crippen LogP contribution in [0.3, 0.4) is 0 Å². The standard InChI is InChI=1S/C19H24N2O4/c1-3-23-13-9-10-14(15(22)11-13)19-18(12-20-21-19)25-17-8-6-5-7-16(17)24-4-2/h5-11,18-22H,3-4,12H2,1-2H3. The van der Waals surface area contributed by atoms with Gasteiger partial charge in [-0.3, -0.25) is 5.43 Å². The molecule has 0 saturated carbocycles. The lowest BCUT2D eigenvalue weighted by Crippen LogP contribution is -2.28. The van der Waals surface area contributed by atoms with Crippen LogP contribution >= 0.6 is 0 Å². The average Bonchev–Trinajstić information content (AvgIpc) is 3.05. The van der Waals surface area contributed by atoms with Crippen molar-refractivity contribution < 1.29 is 19.3 Å². The molecule has 2 unspecified atom stereocenters. The zero-order chi connectivity index (χ0) is 17.6. The molecule has 3 rings (SSSR count). The molecule has 1 saturated heterocycles. The maximum Gasteiger partial charge on any atom is 0.161 e. The molecule has 0 radical (unpaired) electrons. The van der Waals surface area contributed by atoms with Gasteiger partial charge in [-0.25, -0.2) is 5.43 Å². The van der Waals surface area contributed by atoms with Crippen molar-refractivity contribution in [3.63, 3.8) is 0 Å². The predicted molar refractivity (Wildman–Crippen MR) is 95.2 cm³/mol. The summed E-state index contributed by atoms with van der Waals surface area (Å²) in [5.41, 5.74) is 7.03. The Morgan fingerprint density at radius 2 is 1.80 bits per heavy atom. The second-order valence-corrected chi connectivity index (χ2v) is 5.69. The highest BCUT2D eigenvalue weighted by molar-refractivity contribution is 5.43. The summed E-state index contributed by atoms with van der Waals surface area (Å²) >= 11 is 0. The Hall–Kier alpha value is -2.44. The van der Waals surface area contributed by atoms with Crippen LogP contribution in [0.25, 0.3) is 0 Å². The van der Waals surface area contributed by atoms with Gasteiger partial charge in [0.25, 0.3) is 0 Å². The molecule has 0 aromatic heterocycles. The first-order chi connectivity index (χ1) is 12.2. The van der Waals surface area contributed by atoms with Crippen LogP contribution in [0.2, 0.25) is 0 Å². The Labute approximate surface area is 147 Å². The molecule has 0 aliphatic carbocycles. The molecule has 25 heavy (non-hydrogen) atoms. The number of hydrogen-bond acceptors (Lipinski definition) is 6. The van der Waals surface area contributed by atoms with Crippen LogP contribution in [0.1, 0.15) is 25.5 Å². The average molecular weight is 344 g/mol. The fourth-order valence-corrected chi connectivity index (χ4v) is 2.90. The molecule has 1 heterocycles. The fraction of sp³-hybridized carbons (Fsp3) is 0.368. The third-order valence-corrected chi connectivity index (χ3v) is 4.01. The van der Waals surface area contributed by atoms with Crippen LogP contribution in [0.5, 0.6) is 23.0 Å². The molecule has 2 aromatic carbocycles. The van der Waals surface area contributed by atoms with E-state index in [1.54, 1.807) is 6.07 Å². The van der Waals surface area contributed by atoms with E-state index < -0.39 is 0 Å². The van der Waals surface area contributed by atoms with Crippen molar-refractivity contribution in [1.82, 2.24) is 10.9 Å². The quantitative estimate of drug-likeness (QED) is 0.717. The van der Waals surface area contributed by atoms with Gasteiger partial charge in [0.05, 0.1) is 19.3 Å². The van der Waals surface area contributed by atoms with Gasteiger partial charge in [-0.15, -0.1) is 0 Å². The van der Waals surface area contributed by atoms with E-state index in [-0.39, 0.29) is 17.9 Å². The first-order valence-electron chi connectivity index (χ1n) is 8.55. The van der Waals surface area contributed by atoms with E-state index in [0.717, 1.165) is 5.56 Å². The van der Waals surface area contributed by atoms with Gasteiger partial charge in [-0.1, -0.05) is 12.1 Å². The molecular formula is C19H24N2O4. The highest BCUT2D eigenvalue weighted by atomic mass is 16.5. The number of phenols is 1. The monoisotopic (exact) mass is 344 g/mol. The summed E-state index contributed by atoms with van der Waals surface area (Å²) in [6.45, 7) is 5.59. The Morgan fingerprint density at radius 1 is 1.04 bits per heavy atom. The normalized spacial score (nSPS) is 19.6. The van der Waals surface area contributed by atoms with Gasteiger partial charge in [0.1, 0.15) is 17.6 Å². The summed E-state index contributed by atoms with van der Waals surface area (Å²) < 4.78 is 17.2. The second kappa shape index (κ2) is 8.09. The molecule has 2 aromatic rings. The van der Waals surface area contributed by atoms with Crippen LogP contribution in [0.4, 0.5) is 0 Å². The van der Waals surface area contributed by atoms with Crippen molar-refractivity contribution in [3.8, 4) is 23.0 Å². The summed E-state index contributed by atoms with van der Waals surface area (Å²) in [4.78, 5) is 0. The summed E-state index contributed by atoms with van der Waals surface area (Å²) in [6, 6.07) is 12.8. The third-order valence-electron chi connectivity index (χ3n) is 4.01. The number of aromatic hydroxyl groups is 1. The van der Waals surface area contributed by atoms with E-state index in [1.165, 1.54) is 0 Å². The smallest absolute Gasteiger partial charge is 0.161 e. The summed E-state index contributed by atoms with van der Waals surface area (Å²) in [6.07, 6.45) is -0.189. The maximum absolute atomic E-state index is 10.4. The second-order valence-electron chi connectivity index (χ2n) is 5.69. The minimum Gasteiger partial charge on any atom is -0.507 e. The molecule has 0 spiro atoms.